The Morgan fingerprint density at radius 2 is 1.69 bits per heavy atom. The van der Waals surface area contributed by atoms with Gasteiger partial charge < -0.3 is 9.80 Å². The first-order chi connectivity index (χ1) is 14.0. The fourth-order valence-electron chi connectivity index (χ4n) is 3.18. The second-order valence-electron chi connectivity index (χ2n) is 6.57. The number of carbonyl (C=O) groups is 2. The highest BCUT2D eigenvalue weighted by Gasteiger charge is 2.25. The molecule has 0 aliphatic carbocycles. The Kier molecular flexibility index (Phi) is 5.85. The van der Waals surface area contributed by atoms with E-state index in [1.54, 1.807) is 51.5 Å². The third kappa shape index (κ3) is 4.29. The molecule has 2 aromatic carbocycles. The van der Waals surface area contributed by atoms with Gasteiger partial charge in [0.15, 0.2) is 0 Å². The molecule has 2 heterocycles. The molecule has 2 amide bonds. The minimum Gasteiger partial charge on any atom is -0.336 e. The predicted octanol–water partition coefficient (Wildman–Crippen LogP) is 4.60. The minimum atomic E-state index is -0.172. The van der Waals surface area contributed by atoms with Gasteiger partial charge in [-0.2, -0.15) is 0 Å². The molecular formula is C21H17Cl2N3O2S. The summed E-state index contributed by atoms with van der Waals surface area (Å²) in [5, 5.41) is 1.41. The van der Waals surface area contributed by atoms with Crippen LogP contribution in [-0.4, -0.2) is 52.8 Å². The number of halogens is 2. The van der Waals surface area contributed by atoms with E-state index < -0.39 is 0 Å². The van der Waals surface area contributed by atoms with Crippen LogP contribution in [-0.2, 0) is 4.79 Å². The third-order valence-corrected chi connectivity index (χ3v) is 6.56. The quantitative estimate of drug-likeness (QED) is 0.553. The van der Waals surface area contributed by atoms with Crippen LogP contribution in [0.15, 0.2) is 48.5 Å². The first-order valence-corrected chi connectivity index (χ1v) is 10.7. The summed E-state index contributed by atoms with van der Waals surface area (Å²) in [6, 6.07) is 12.9. The Balaban J connectivity index is 1.37. The van der Waals surface area contributed by atoms with Gasteiger partial charge in [0.1, 0.15) is 5.01 Å². The summed E-state index contributed by atoms with van der Waals surface area (Å²) >= 11 is 13.7. The number of carbonyl (C=O) groups excluding carboxylic acids is 2. The van der Waals surface area contributed by atoms with Crippen LogP contribution in [0.4, 0.5) is 0 Å². The minimum absolute atomic E-state index is 0.0860. The van der Waals surface area contributed by atoms with Gasteiger partial charge in [0.25, 0.3) is 5.91 Å². The molecule has 0 saturated carbocycles. The summed E-state index contributed by atoms with van der Waals surface area (Å²) in [6.45, 7) is 1.82. The monoisotopic (exact) mass is 445 g/mol. The van der Waals surface area contributed by atoms with E-state index in [-0.39, 0.29) is 16.8 Å². The second-order valence-corrected chi connectivity index (χ2v) is 8.42. The van der Waals surface area contributed by atoms with Gasteiger partial charge in [-0.25, -0.2) is 4.98 Å². The van der Waals surface area contributed by atoms with Gasteiger partial charge in [-0.1, -0.05) is 41.4 Å². The Hall–Kier alpha value is -2.41. The molecule has 0 N–H and O–H groups in total. The SMILES string of the molecule is O=C(/C=C/c1nc2ccccc2s1)N1CCN(C(=O)c2cccc(Cl)c2Cl)CC1. The van der Waals surface area contributed by atoms with E-state index in [1.807, 2.05) is 24.3 Å². The molecule has 0 atom stereocenters. The maximum atomic E-state index is 12.7. The first-order valence-electron chi connectivity index (χ1n) is 9.09. The number of thiazole rings is 1. The lowest BCUT2D eigenvalue weighted by atomic mass is 10.1. The second kappa shape index (κ2) is 8.53. The van der Waals surface area contributed by atoms with E-state index in [4.69, 9.17) is 23.2 Å². The number of amides is 2. The largest absolute Gasteiger partial charge is 0.336 e. The molecule has 8 heteroatoms. The number of nitrogens with zero attached hydrogens (tertiary/aromatic N) is 3. The van der Waals surface area contributed by atoms with Gasteiger partial charge in [0.05, 0.1) is 25.8 Å². The number of benzene rings is 2. The Morgan fingerprint density at radius 1 is 0.966 bits per heavy atom. The van der Waals surface area contributed by atoms with Crippen molar-refractivity contribution in [3.05, 3.63) is 69.2 Å². The molecule has 3 aromatic rings. The van der Waals surface area contributed by atoms with E-state index >= 15 is 0 Å². The number of hydrogen-bond acceptors (Lipinski definition) is 4. The van der Waals surface area contributed by atoms with E-state index in [0.29, 0.717) is 36.8 Å². The summed E-state index contributed by atoms with van der Waals surface area (Å²) in [5.74, 6) is -0.258. The van der Waals surface area contributed by atoms with Crippen molar-refractivity contribution in [3.63, 3.8) is 0 Å². The summed E-state index contributed by atoms with van der Waals surface area (Å²) in [5.41, 5.74) is 1.31. The Bertz CT molecular complexity index is 1070. The number of fused-ring (bicyclic) bond motifs is 1. The van der Waals surface area contributed by atoms with Gasteiger partial charge in [0, 0.05) is 32.3 Å². The van der Waals surface area contributed by atoms with Gasteiger partial charge >= 0.3 is 0 Å². The molecule has 4 rings (SSSR count). The predicted molar refractivity (Wildman–Crippen MR) is 118 cm³/mol. The zero-order valence-electron chi connectivity index (χ0n) is 15.3. The maximum Gasteiger partial charge on any atom is 0.255 e. The Morgan fingerprint density at radius 3 is 2.45 bits per heavy atom. The normalized spacial score (nSPS) is 14.7. The zero-order valence-corrected chi connectivity index (χ0v) is 17.7. The van der Waals surface area contributed by atoms with Crippen LogP contribution >= 0.6 is 34.5 Å². The molecule has 0 spiro atoms. The van der Waals surface area contributed by atoms with Crippen molar-refractivity contribution in [1.82, 2.24) is 14.8 Å². The number of piperazine rings is 1. The first kappa shape index (κ1) is 19.9. The van der Waals surface area contributed by atoms with E-state index in [9.17, 15) is 9.59 Å². The molecule has 0 bridgehead atoms. The summed E-state index contributed by atoms with van der Waals surface area (Å²) in [4.78, 5) is 33.1. The molecule has 1 aromatic heterocycles. The van der Waals surface area contributed by atoms with Crippen molar-refractivity contribution in [1.29, 1.82) is 0 Å². The highest BCUT2D eigenvalue weighted by Crippen LogP contribution is 2.27. The highest BCUT2D eigenvalue weighted by molar-refractivity contribution is 7.19. The molecule has 1 fully saturated rings. The van der Waals surface area contributed by atoms with Crippen LogP contribution in [0.5, 0.6) is 0 Å². The van der Waals surface area contributed by atoms with Crippen molar-refractivity contribution in [2.45, 2.75) is 0 Å². The average molecular weight is 446 g/mol. The smallest absolute Gasteiger partial charge is 0.255 e. The molecule has 1 aliphatic heterocycles. The fourth-order valence-corrected chi connectivity index (χ4v) is 4.43. The van der Waals surface area contributed by atoms with Crippen molar-refractivity contribution < 1.29 is 9.59 Å². The number of aromatic nitrogens is 1. The van der Waals surface area contributed by atoms with Gasteiger partial charge in [-0.3, -0.25) is 9.59 Å². The van der Waals surface area contributed by atoms with Crippen molar-refractivity contribution in [2.24, 2.45) is 0 Å². The van der Waals surface area contributed by atoms with Crippen LogP contribution in [0.2, 0.25) is 10.0 Å². The third-order valence-electron chi connectivity index (χ3n) is 4.74. The number of para-hydroxylation sites is 1. The van der Waals surface area contributed by atoms with Gasteiger partial charge in [-0.05, 0) is 30.3 Å². The van der Waals surface area contributed by atoms with Crippen molar-refractivity contribution >= 4 is 62.6 Å². The van der Waals surface area contributed by atoms with E-state index in [0.717, 1.165) is 15.2 Å². The molecule has 29 heavy (non-hydrogen) atoms. The number of hydrogen-bond donors (Lipinski definition) is 0. The van der Waals surface area contributed by atoms with Crippen molar-refractivity contribution in [3.8, 4) is 0 Å². The summed E-state index contributed by atoms with van der Waals surface area (Å²) in [7, 11) is 0. The lowest BCUT2D eigenvalue weighted by Gasteiger charge is -2.34. The lowest BCUT2D eigenvalue weighted by Crippen LogP contribution is -2.50. The molecular weight excluding hydrogens is 429 g/mol. The summed E-state index contributed by atoms with van der Waals surface area (Å²) in [6.07, 6.45) is 3.29. The average Bonchev–Trinajstić information content (AvgIpc) is 3.16. The molecule has 0 radical (unpaired) electrons. The van der Waals surface area contributed by atoms with E-state index in [1.165, 1.54) is 0 Å². The topological polar surface area (TPSA) is 53.5 Å². The molecule has 148 valence electrons. The van der Waals surface area contributed by atoms with Gasteiger partial charge in [0.2, 0.25) is 5.91 Å². The summed E-state index contributed by atoms with van der Waals surface area (Å²) < 4.78 is 1.09. The standard InChI is InChI=1S/C21H17Cl2N3O2S/c22-15-5-3-4-14(20(15)23)21(28)26-12-10-25(11-13-26)19(27)9-8-18-24-16-6-1-2-7-17(16)29-18/h1-9H,10-13H2/b9-8+. The molecule has 5 nitrogen and oxygen atoms in total. The molecule has 1 saturated heterocycles. The fraction of sp³-hybridized carbons (Fsp3) is 0.190. The van der Waals surface area contributed by atoms with Crippen LogP contribution in [0, 0.1) is 0 Å². The maximum absolute atomic E-state index is 12.7. The molecule has 0 unspecified atom stereocenters. The number of rotatable bonds is 3. The van der Waals surface area contributed by atoms with Crippen LogP contribution in [0.1, 0.15) is 15.4 Å². The van der Waals surface area contributed by atoms with E-state index in [2.05, 4.69) is 4.98 Å². The van der Waals surface area contributed by atoms with Crippen LogP contribution in [0.3, 0.4) is 0 Å². The van der Waals surface area contributed by atoms with Crippen LogP contribution in [0.25, 0.3) is 16.3 Å². The highest BCUT2D eigenvalue weighted by atomic mass is 35.5. The zero-order chi connectivity index (χ0) is 20.4. The lowest BCUT2D eigenvalue weighted by molar-refractivity contribution is -0.127. The molecule has 1 aliphatic rings. The van der Waals surface area contributed by atoms with Crippen LogP contribution < -0.4 is 0 Å². The Labute approximate surface area is 182 Å². The van der Waals surface area contributed by atoms with Crippen molar-refractivity contribution in [2.75, 3.05) is 26.2 Å². The van der Waals surface area contributed by atoms with Gasteiger partial charge in [-0.15, -0.1) is 11.3 Å².